The molecule has 0 aliphatic carbocycles. The summed E-state index contributed by atoms with van der Waals surface area (Å²) in [7, 11) is 0. The third kappa shape index (κ3) is 6.48. The summed E-state index contributed by atoms with van der Waals surface area (Å²) in [6.45, 7) is 3.42. The fraction of sp³-hybridized carbons (Fsp3) is 0.444. The molecular weight excluding hydrogens is 551 g/mol. The van der Waals surface area contributed by atoms with Crippen molar-refractivity contribution in [1.82, 2.24) is 18.5 Å². The molecule has 2 aromatic carbocycles. The largest absolute Gasteiger partial charge is 0.407 e. The molecule has 0 amide bonds. The highest BCUT2D eigenvalue weighted by atomic mass is 35.5. The Balaban J connectivity index is 1.38. The Bertz CT molecular complexity index is 1360. The second-order valence-electron chi connectivity index (χ2n) is 9.80. The van der Waals surface area contributed by atoms with Gasteiger partial charge in [0.2, 0.25) is 0 Å². The van der Waals surface area contributed by atoms with Crippen LogP contribution in [0.2, 0.25) is 5.02 Å². The maximum absolute atomic E-state index is 14.5. The van der Waals surface area contributed by atoms with Crippen LogP contribution < -0.4 is 5.32 Å². The molecule has 5 rings (SSSR count). The Morgan fingerprint density at radius 3 is 2.38 bits per heavy atom. The molecule has 208 valence electrons. The highest BCUT2D eigenvalue weighted by Gasteiger charge is 2.44. The van der Waals surface area contributed by atoms with E-state index in [1.165, 1.54) is 6.20 Å². The molecule has 12 heteroatoms. The van der Waals surface area contributed by atoms with E-state index < -0.39 is 23.4 Å². The lowest BCUT2D eigenvalue weighted by Gasteiger charge is -2.37. The van der Waals surface area contributed by atoms with E-state index in [0.29, 0.717) is 80.3 Å². The van der Waals surface area contributed by atoms with Gasteiger partial charge in [-0.1, -0.05) is 29.8 Å². The molecule has 2 atom stereocenters. The summed E-state index contributed by atoms with van der Waals surface area (Å²) in [6, 6.07) is 11.7. The fourth-order valence-electron chi connectivity index (χ4n) is 5.18. The number of hydrogen-bond donors (Lipinski definition) is 1. The van der Waals surface area contributed by atoms with E-state index in [1.54, 1.807) is 34.9 Å². The molecule has 39 heavy (non-hydrogen) atoms. The van der Waals surface area contributed by atoms with Crippen LogP contribution in [0.1, 0.15) is 35.6 Å². The quantitative estimate of drug-likeness (QED) is 0.437. The smallest absolute Gasteiger partial charge is 0.379 e. The van der Waals surface area contributed by atoms with Crippen molar-refractivity contribution in [3.05, 3.63) is 70.4 Å². The zero-order chi connectivity index (χ0) is 27.6. The molecule has 2 aliphatic rings. The maximum Gasteiger partial charge on any atom is 0.407 e. The van der Waals surface area contributed by atoms with Crippen molar-refractivity contribution < 1.29 is 22.1 Å². The van der Waals surface area contributed by atoms with Gasteiger partial charge in [-0.25, -0.2) is 12.8 Å². The van der Waals surface area contributed by atoms with Gasteiger partial charge in [0.05, 0.1) is 24.8 Å². The number of morpholine rings is 1. The lowest BCUT2D eigenvalue weighted by molar-refractivity contribution is -0.160. The Hall–Kier alpha value is -2.46. The first kappa shape index (κ1) is 28.1. The molecule has 1 N–H and O–H groups in total. The van der Waals surface area contributed by atoms with E-state index in [9.17, 15) is 22.6 Å². The number of halogens is 4. The normalized spacial score (nSPS) is 19.7. The first-order valence-electron chi connectivity index (χ1n) is 12.8. The van der Waals surface area contributed by atoms with Gasteiger partial charge in [-0.2, -0.15) is 18.4 Å². The van der Waals surface area contributed by atoms with Crippen molar-refractivity contribution in [1.29, 1.82) is 5.26 Å². The van der Waals surface area contributed by atoms with Gasteiger partial charge in [0.1, 0.15) is 6.04 Å². The Morgan fingerprint density at radius 1 is 1.08 bits per heavy atom. The van der Waals surface area contributed by atoms with Crippen molar-refractivity contribution >= 4 is 33.7 Å². The molecule has 0 bridgehead atoms. The number of nitrogens with one attached hydrogen (secondary N) is 1. The number of hydrogen-bond acceptors (Lipinski definition) is 4. The second kappa shape index (κ2) is 12.0. The van der Waals surface area contributed by atoms with Gasteiger partial charge in [-0.05, 0) is 42.7 Å². The van der Waals surface area contributed by atoms with E-state index in [2.05, 4.69) is 11.4 Å². The zero-order valence-electron chi connectivity index (χ0n) is 21.2. The summed E-state index contributed by atoms with van der Waals surface area (Å²) < 4.78 is 67.3. The van der Waals surface area contributed by atoms with Gasteiger partial charge in [0, 0.05) is 66.5 Å². The van der Waals surface area contributed by atoms with Gasteiger partial charge in [0.25, 0.3) is 0 Å². The average molecular weight is 580 g/mol. The van der Waals surface area contributed by atoms with Crippen LogP contribution in [0.15, 0.2) is 48.7 Å². The molecule has 7 nitrogen and oxygen atoms in total. The van der Waals surface area contributed by atoms with E-state index in [0.717, 1.165) is 5.56 Å². The summed E-state index contributed by atoms with van der Waals surface area (Å²) in [4.78, 5) is 0. The van der Waals surface area contributed by atoms with Crippen LogP contribution in [0.25, 0.3) is 10.9 Å². The SMILES string of the molecule is N#Cc1ccc2c(C(NC3CCN(S(=O)N4CCOCC4)CC3)C(F)(F)F)cn(Cc3ccc(Cl)cc3)c2c1. The molecule has 2 saturated heterocycles. The lowest BCUT2D eigenvalue weighted by Crippen LogP contribution is -2.50. The van der Waals surface area contributed by atoms with Gasteiger partial charge in [-0.3, -0.25) is 5.32 Å². The van der Waals surface area contributed by atoms with E-state index in [4.69, 9.17) is 16.3 Å². The number of rotatable bonds is 7. The molecule has 2 fully saturated rings. The van der Waals surface area contributed by atoms with E-state index in [-0.39, 0.29) is 11.6 Å². The Morgan fingerprint density at radius 2 is 1.74 bits per heavy atom. The minimum Gasteiger partial charge on any atom is -0.379 e. The van der Waals surface area contributed by atoms with Gasteiger partial charge in [0.15, 0.2) is 11.2 Å². The third-order valence-corrected chi connectivity index (χ3v) is 9.08. The molecule has 0 radical (unpaired) electrons. The second-order valence-corrected chi connectivity index (χ2v) is 11.7. The molecular formula is C27H29ClF3N5O2S. The molecule has 0 spiro atoms. The molecule has 0 saturated carbocycles. The highest BCUT2D eigenvalue weighted by Crippen LogP contribution is 2.39. The molecule has 3 aromatic rings. The van der Waals surface area contributed by atoms with Crippen molar-refractivity contribution in [3.63, 3.8) is 0 Å². The van der Waals surface area contributed by atoms with Crippen molar-refractivity contribution in [2.75, 3.05) is 39.4 Å². The summed E-state index contributed by atoms with van der Waals surface area (Å²) in [5, 5.41) is 13.3. The number of nitriles is 1. The number of benzene rings is 2. The first-order chi connectivity index (χ1) is 18.7. The maximum atomic E-state index is 14.5. The van der Waals surface area contributed by atoms with Gasteiger partial charge >= 0.3 is 6.18 Å². The number of piperidine rings is 1. The first-order valence-corrected chi connectivity index (χ1v) is 14.3. The summed E-state index contributed by atoms with van der Waals surface area (Å²) in [5.74, 6) is 0. The van der Waals surface area contributed by atoms with Crippen LogP contribution >= 0.6 is 11.6 Å². The van der Waals surface area contributed by atoms with Gasteiger partial charge in [-0.15, -0.1) is 0 Å². The molecule has 1 aromatic heterocycles. The summed E-state index contributed by atoms with van der Waals surface area (Å²) in [6.07, 6.45) is -2.11. The monoisotopic (exact) mass is 579 g/mol. The third-order valence-electron chi connectivity index (χ3n) is 7.21. The van der Waals surface area contributed by atoms with Crippen molar-refractivity contribution in [2.24, 2.45) is 0 Å². The lowest BCUT2D eigenvalue weighted by atomic mass is 10.00. The van der Waals surface area contributed by atoms with Crippen LogP contribution in [-0.2, 0) is 22.5 Å². The van der Waals surface area contributed by atoms with Gasteiger partial charge < -0.3 is 9.30 Å². The summed E-state index contributed by atoms with van der Waals surface area (Å²) >= 11 is 4.69. The van der Waals surface area contributed by atoms with Crippen LogP contribution in [0.4, 0.5) is 13.2 Å². The minimum atomic E-state index is -4.54. The van der Waals surface area contributed by atoms with Crippen LogP contribution in [0.3, 0.4) is 0 Å². The number of aromatic nitrogens is 1. The number of alkyl halides is 3. The highest BCUT2D eigenvalue weighted by molar-refractivity contribution is 7.80. The summed E-state index contributed by atoms with van der Waals surface area (Å²) in [5.41, 5.74) is 1.94. The fourth-order valence-corrected chi connectivity index (χ4v) is 6.62. The minimum absolute atomic E-state index is 0.121. The van der Waals surface area contributed by atoms with E-state index >= 15 is 0 Å². The van der Waals surface area contributed by atoms with Crippen LogP contribution in [-0.4, -0.2) is 69.0 Å². The molecule has 2 unspecified atom stereocenters. The Kier molecular flexibility index (Phi) is 8.61. The van der Waals surface area contributed by atoms with Crippen LogP contribution in [0.5, 0.6) is 0 Å². The number of fused-ring (bicyclic) bond motifs is 1. The molecule has 3 heterocycles. The predicted molar refractivity (Wildman–Crippen MR) is 144 cm³/mol. The van der Waals surface area contributed by atoms with Crippen molar-refractivity contribution in [3.8, 4) is 6.07 Å². The topological polar surface area (TPSA) is 73.5 Å². The standard InChI is InChI=1S/C27H29ClF3N5O2S/c28-21-4-1-19(2-5-21)17-34-18-24(23-6-3-20(16-32)15-25(23)34)26(27(29,30)31)33-22-7-9-35(10-8-22)39(37)36-11-13-38-14-12-36/h1-6,15,18,22,26,33H,7-14,17H2. The predicted octanol–water partition coefficient (Wildman–Crippen LogP) is 4.78. The van der Waals surface area contributed by atoms with Crippen LogP contribution in [0, 0.1) is 11.3 Å². The average Bonchev–Trinajstić information content (AvgIpc) is 3.29. The van der Waals surface area contributed by atoms with E-state index in [1.807, 2.05) is 20.7 Å². The zero-order valence-corrected chi connectivity index (χ0v) is 22.7. The number of nitrogens with zero attached hydrogens (tertiary/aromatic N) is 4. The van der Waals surface area contributed by atoms with Crippen molar-refractivity contribution in [2.45, 2.75) is 37.6 Å². The number of ether oxygens (including phenoxy) is 1. The Labute approximate surface area is 232 Å². The molecule has 2 aliphatic heterocycles.